The van der Waals surface area contributed by atoms with E-state index in [0.29, 0.717) is 11.3 Å². The molecule has 17 heavy (non-hydrogen) atoms. The number of rotatable bonds is 1. The predicted octanol–water partition coefficient (Wildman–Crippen LogP) is 3.88. The molecule has 2 unspecified atom stereocenters. The third-order valence-corrected chi connectivity index (χ3v) is 3.37. The molecule has 0 spiro atoms. The Labute approximate surface area is 99.9 Å². The van der Waals surface area contributed by atoms with E-state index >= 15 is 0 Å². The van der Waals surface area contributed by atoms with Gasteiger partial charge in [-0.3, -0.25) is 4.98 Å². The molecular weight excluding hydrogens is 220 g/mol. The smallest absolute Gasteiger partial charge is 0.150 e. The van der Waals surface area contributed by atoms with Crippen molar-refractivity contribution in [2.45, 2.75) is 31.9 Å². The molecule has 0 N–H and O–H groups in total. The van der Waals surface area contributed by atoms with Crippen LogP contribution < -0.4 is 0 Å². The molecule has 0 bridgehead atoms. The number of aromatic nitrogens is 1. The van der Waals surface area contributed by atoms with Gasteiger partial charge in [-0.25, -0.2) is 8.78 Å². The lowest BCUT2D eigenvalue weighted by atomic mass is 9.75. The summed E-state index contributed by atoms with van der Waals surface area (Å²) < 4.78 is 28.1. The van der Waals surface area contributed by atoms with Crippen molar-refractivity contribution in [2.75, 3.05) is 0 Å². The van der Waals surface area contributed by atoms with Crippen molar-refractivity contribution in [3.63, 3.8) is 0 Å². The van der Waals surface area contributed by atoms with E-state index in [1.165, 1.54) is 6.92 Å². The summed E-state index contributed by atoms with van der Waals surface area (Å²) in [6.07, 6.45) is 4.27. The van der Waals surface area contributed by atoms with Crippen LogP contribution in [0.5, 0.6) is 0 Å². The van der Waals surface area contributed by atoms with Crippen LogP contribution in [0.1, 0.15) is 26.5 Å². The quantitative estimate of drug-likeness (QED) is 0.673. The Morgan fingerprint density at radius 3 is 2.47 bits per heavy atom. The van der Waals surface area contributed by atoms with E-state index in [2.05, 4.69) is 4.98 Å². The van der Waals surface area contributed by atoms with Gasteiger partial charge in [0, 0.05) is 6.20 Å². The van der Waals surface area contributed by atoms with E-state index < -0.39 is 16.9 Å². The molecule has 0 radical (unpaired) electrons. The van der Waals surface area contributed by atoms with Crippen LogP contribution in [0.3, 0.4) is 0 Å². The van der Waals surface area contributed by atoms with Crippen LogP contribution in [0.15, 0.2) is 47.9 Å². The number of halogens is 2. The molecule has 1 heterocycles. The van der Waals surface area contributed by atoms with Crippen LogP contribution in [-0.2, 0) is 5.41 Å². The number of allylic oxidation sites excluding steroid dienone is 4. The molecule has 0 aromatic carbocycles. The number of hydrogen-bond acceptors (Lipinski definition) is 1. The first-order chi connectivity index (χ1) is 7.86. The van der Waals surface area contributed by atoms with Crippen molar-refractivity contribution in [1.29, 1.82) is 0 Å². The fourth-order valence-electron chi connectivity index (χ4n) is 2.01. The molecule has 0 amide bonds. The zero-order valence-corrected chi connectivity index (χ0v) is 10.2. The van der Waals surface area contributed by atoms with Crippen molar-refractivity contribution in [2.24, 2.45) is 0 Å². The summed E-state index contributed by atoms with van der Waals surface area (Å²) in [4.78, 5) is 4.16. The molecule has 1 aromatic rings. The van der Waals surface area contributed by atoms with Gasteiger partial charge >= 0.3 is 0 Å². The summed E-state index contributed by atoms with van der Waals surface area (Å²) in [5.74, 6) is -0.494. The van der Waals surface area contributed by atoms with Crippen molar-refractivity contribution in [1.82, 2.24) is 4.98 Å². The van der Waals surface area contributed by atoms with E-state index in [4.69, 9.17) is 0 Å². The van der Waals surface area contributed by atoms with E-state index in [-0.39, 0.29) is 0 Å². The SMILES string of the molecule is CC1=CC(C)(c2ccccn2)C(F)=CC1(C)F. The van der Waals surface area contributed by atoms with Gasteiger partial charge in [-0.15, -0.1) is 0 Å². The lowest BCUT2D eigenvalue weighted by Crippen LogP contribution is -2.31. The molecule has 1 nitrogen and oxygen atoms in total. The minimum atomic E-state index is -1.71. The Bertz CT molecular complexity index is 488. The summed E-state index contributed by atoms with van der Waals surface area (Å²) in [7, 11) is 0. The standard InChI is InChI=1S/C14H15F2N/c1-10-8-13(2,11(15)9-14(10,3)16)12-6-4-5-7-17-12/h4-9H,1-3H3. The second-order valence-electron chi connectivity index (χ2n) is 4.81. The Morgan fingerprint density at radius 2 is 1.88 bits per heavy atom. The maximum absolute atomic E-state index is 14.1. The summed E-state index contributed by atoms with van der Waals surface area (Å²) in [6, 6.07) is 5.32. The van der Waals surface area contributed by atoms with E-state index in [1.807, 2.05) is 0 Å². The van der Waals surface area contributed by atoms with E-state index in [0.717, 1.165) is 6.08 Å². The Kier molecular flexibility index (Phi) is 2.64. The zero-order valence-electron chi connectivity index (χ0n) is 10.2. The number of nitrogens with zero attached hydrogens (tertiary/aromatic N) is 1. The topological polar surface area (TPSA) is 12.9 Å². The highest BCUT2D eigenvalue weighted by molar-refractivity contribution is 5.44. The molecule has 90 valence electrons. The summed E-state index contributed by atoms with van der Waals surface area (Å²) in [5, 5.41) is 0. The molecular formula is C14H15F2N. The van der Waals surface area contributed by atoms with Crippen LogP contribution in [0, 0.1) is 0 Å². The van der Waals surface area contributed by atoms with Gasteiger partial charge in [0.15, 0.2) is 0 Å². The van der Waals surface area contributed by atoms with E-state index in [1.54, 1.807) is 44.3 Å². The number of alkyl halides is 1. The maximum atomic E-state index is 14.1. The van der Waals surface area contributed by atoms with Crippen molar-refractivity contribution in [3.8, 4) is 0 Å². The third-order valence-electron chi connectivity index (χ3n) is 3.37. The minimum Gasteiger partial charge on any atom is -0.260 e. The van der Waals surface area contributed by atoms with E-state index in [9.17, 15) is 8.78 Å². The molecule has 2 atom stereocenters. The van der Waals surface area contributed by atoms with Gasteiger partial charge in [-0.05, 0) is 44.6 Å². The Balaban J connectivity index is 2.54. The van der Waals surface area contributed by atoms with Crippen molar-refractivity contribution in [3.05, 3.63) is 53.6 Å². The summed E-state index contributed by atoms with van der Waals surface area (Å²) >= 11 is 0. The van der Waals surface area contributed by atoms with Crippen LogP contribution in [0.25, 0.3) is 0 Å². The molecule has 1 aliphatic carbocycles. The van der Waals surface area contributed by atoms with Gasteiger partial charge in [-0.1, -0.05) is 12.1 Å². The average molecular weight is 235 g/mol. The predicted molar refractivity (Wildman–Crippen MR) is 64.1 cm³/mol. The first kappa shape index (κ1) is 12.0. The van der Waals surface area contributed by atoms with Gasteiger partial charge in [0.25, 0.3) is 0 Å². The zero-order chi connectivity index (χ0) is 12.7. The molecule has 3 heteroatoms. The molecule has 0 saturated carbocycles. The average Bonchev–Trinajstić information content (AvgIpc) is 2.27. The first-order valence-electron chi connectivity index (χ1n) is 5.55. The third kappa shape index (κ3) is 1.90. The largest absolute Gasteiger partial charge is 0.260 e. The highest BCUT2D eigenvalue weighted by Crippen LogP contribution is 2.42. The molecule has 1 aliphatic rings. The lowest BCUT2D eigenvalue weighted by molar-refractivity contribution is 0.285. The molecule has 0 aliphatic heterocycles. The lowest BCUT2D eigenvalue weighted by Gasteiger charge is -2.33. The van der Waals surface area contributed by atoms with Gasteiger partial charge < -0.3 is 0 Å². The van der Waals surface area contributed by atoms with Crippen LogP contribution >= 0.6 is 0 Å². The van der Waals surface area contributed by atoms with Crippen LogP contribution in [0.4, 0.5) is 8.78 Å². The number of hydrogen-bond donors (Lipinski definition) is 0. The second kappa shape index (κ2) is 3.76. The van der Waals surface area contributed by atoms with Gasteiger partial charge in [0.1, 0.15) is 11.5 Å². The van der Waals surface area contributed by atoms with Gasteiger partial charge in [-0.2, -0.15) is 0 Å². The van der Waals surface area contributed by atoms with Gasteiger partial charge in [0.2, 0.25) is 0 Å². The highest BCUT2D eigenvalue weighted by Gasteiger charge is 2.40. The Morgan fingerprint density at radius 1 is 1.18 bits per heavy atom. The van der Waals surface area contributed by atoms with Crippen molar-refractivity contribution < 1.29 is 8.78 Å². The fraction of sp³-hybridized carbons (Fsp3) is 0.357. The highest BCUT2D eigenvalue weighted by atomic mass is 19.1. The van der Waals surface area contributed by atoms with Gasteiger partial charge in [0.05, 0.1) is 11.1 Å². The maximum Gasteiger partial charge on any atom is 0.150 e. The summed E-state index contributed by atoms with van der Waals surface area (Å²) in [6.45, 7) is 4.74. The Hall–Kier alpha value is -1.51. The second-order valence-corrected chi connectivity index (χ2v) is 4.81. The van der Waals surface area contributed by atoms with Crippen molar-refractivity contribution >= 4 is 0 Å². The fourth-order valence-corrected chi connectivity index (χ4v) is 2.01. The molecule has 2 rings (SSSR count). The monoisotopic (exact) mass is 235 g/mol. The molecule has 0 fully saturated rings. The van der Waals surface area contributed by atoms with Crippen LogP contribution in [-0.4, -0.2) is 10.7 Å². The molecule has 0 saturated heterocycles. The minimum absolute atomic E-state index is 0.494. The normalized spacial score (nSPS) is 33.0. The summed E-state index contributed by atoms with van der Waals surface area (Å²) in [5.41, 5.74) is -1.58. The van der Waals surface area contributed by atoms with Crippen LogP contribution in [0.2, 0.25) is 0 Å². The molecule has 1 aromatic heterocycles. The number of pyridine rings is 1. The first-order valence-corrected chi connectivity index (χ1v) is 5.55.